The molecule has 0 saturated carbocycles. The maximum atomic E-state index is 14.7. The number of carbonyl (C=O) groups excluding carboxylic acids is 1. The topological polar surface area (TPSA) is 51.2 Å². The van der Waals surface area contributed by atoms with E-state index in [1.54, 1.807) is 4.90 Å². The van der Waals surface area contributed by atoms with Crippen molar-refractivity contribution in [2.45, 2.75) is 90.2 Å². The molecular weight excluding hydrogens is 610 g/mol. The zero-order valence-corrected chi connectivity index (χ0v) is 28.4. The number of nitrogens with zero attached hydrogens (tertiary/aromatic N) is 2. The number of rotatable bonds is 12. The molecule has 5 rings (SSSR count). The van der Waals surface area contributed by atoms with E-state index in [1.807, 2.05) is 101 Å². The molecule has 4 aromatic rings. The number of halogens is 2. The molecule has 1 aliphatic heterocycles. The lowest BCUT2D eigenvalue weighted by molar-refractivity contribution is -0.0897. The average molecular weight is 657 g/mol. The molecule has 3 atom stereocenters. The minimum Gasteiger partial charge on any atom is -0.444 e. The molecule has 254 valence electrons. The lowest BCUT2D eigenvalue weighted by Gasteiger charge is -2.43. The first-order valence-electron chi connectivity index (χ1n) is 16.5. The van der Waals surface area contributed by atoms with Crippen LogP contribution >= 0.6 is 0 Å². The Bertz CT molecular complexity index is 1550. The van der Waals surface area contributed by atoms with E-state index in [-0.39, 0.29) is 19.6 Å². The van der Waals surface area contributed by atoms with E-state index in [0.717, 1.165) is 22.8 Å². The fraction of sp³-hybridized carbons (Fsp3) is 0.375. The lowest BCUT2D eigenvalue weighted by atomic mass is 9.92. The van der Waals surface area contributed by atoms with Crippen molar-refractivity contribution in [3.05, 3.63) is 143 Å². The molecule has 48 heavy (non-hydrogen) atoms. The summed E-state index contributed by atoms with van der Waals surface area (Å²) in [5.74, 6) is -1.30. The molecule has 0 aliphatic carbocycles. The lowest BCUT2D eigenvalue weighted by Crippen LogP contribution is -2.59. The molecule has 1 saturated heterocycles. The SMILES string of the molecule is CC(C)(C)OC(=O)N1[C@@H]([C@@H](OCc2ccccc2)[C@H](Cc2cc(F)cc(F)c2)N(Cc2ccccc2)Cc2ccccc2)COC1(C)C. The van der Waals surface area contributed by atoms with Gasteiger partial charge >= 0.3 is 6.09 Å². The second-order valence-corrected chi connectivity index (χ2v) is 13.9. The first kappa shape index (κ1) is 35.2. The van der Waals surface area contributed by atoms with Gasteiger partial charge in [-0.05, 0) is 75.4 Å². The van der Waals surface area contributed by atoms with E-state index >= 15 is 0 Å². The summed E-state index contributed by atoms with van der Waals surface area (Å²) >= 11 is 0. The molecule has 4 aromatic carbocycles. The molecule has 8 heteroatoms. The Labute approximate surface area is 283 Å². The van der Waals surface area contributed by atoms with Crippen molar-refractivity contribution in [3.8, 4) is 0 Å². The van der Waals surface area contributed by atoms with Crippen molar-refractivity contribution in [1.29, 1.82) is 0 Å². The summed E-state index contributed by atoms with van der Waals surface area (Å²) in [5, 5.41) is 0. The molecule has 1 heterocycles. The largest absolute Gasteiger partial charge is 0.444 e. The van der Waals surface area contributed by atoms with Crippen LogP contribution in [0, 0.1) is 11.6 Å². The normalized spacial score (nSPS) is 17.3. The van der Waals surface area contributed by atoms with Crippen LogP contribution in [0.2, 0.25) is 0 Å². The van der Waals surface area contributed by atoms with Crippen molar-refractivity contribution in [3.63, 3.8) is 0 Å². The third kappa shape index (κ3) is 9.49. The monoisotopic (exact) mass is 656 g/mol. The molecule has 1 amide bonds. The van der Waals surface area contributed by atoms with Crippen molar-refractivity contribution in [2.75, 3.05) is 6.61 Å². The van der Waals surface area contributed by atoms with Gasteiger partial charge in [-0.15, -0.1) is 0 Å². The summed E-state index contributed by atoms with van der Waals surface area (Å²) in [6, 6.07) is 32.5. The molecule has 0 N–H and O–H groups in total. The van der Waals surface area contributed by atoms with E-state index in [0.29, 0.717) is 18.7 Å². The summed E-state index contributed by atoms with van der Waals surface area (Å²) in [5.41, 5.74) is 1.83. The molecule has 0 aromatic heterocycles. The number of carbonyl (C=O) groups is 1. The minimum atomic E-state index is -0.999. The van der Waals surface area contributed by atoms with E-state index in [9.17, 15) is 13.6 Å². The van der Waals surface area contributed by atoms with Crippen LogP contribution in [0.4, 0.5) is 13.6 Å². The number of hydrogen-bond donors (Lipinski definition) is 0. The van der Waals surface area contributed by atoms with E-state index in [2.05, 4.69) is 29.2 Å². The quantitative estimate of drug-likeness (QED) is 0.153. The Morgan fingerprint density at radius 3 is 1.83 bits per heavy atom. The molecule has 1 fully saturated rings. The predicted octanol–water partition coefficient (Wildman–Crippen LogP) is 8.54. The van der Waals surface area contributed by atoms with Crippen molar-refractivity contribution in [2.24, 2.45) is 0 Å². The van der Waals surface area contributed by atoms with Gasteiger partial charge in [-0.2, -0.15) is 0 Å². The highest BCUT2D eigenvalue weighted by atomic mass is 19.1. The van der Waals surface area contributed by atoms with Gasteiger partial charge in [0.15, 0.2) is 0 Å². The van der Waals surface area contributed by atoms with Crippen LogP contribution in [0.3, 0.4) is 0 Å². The van der Waals surface area contributed by atoms with Crippen LogP contribution < -0.4 is 0 Å². The molecule has 0 bridgehead atoms. The number of amides is 1. The second kappa shape index (κ2) is 15.4. The summed E-state index contributed by atoms with van der Waals surface area (Å²) in [6.45, 7) is 10.6. The van der Waals surface area contributed by atoms with Gasteiger partial charge in [0.05, 0.1) is 25.4 Å². The fourth-order valence-corrected chi connectivity index (χ4v) is 6.34. The van der Waals surface area contributed by atoms with Crippen molar-refractivity contribution in [1.82, 2.24) is 9.80 Å². The third-order valence-corrected chi connectivity index (χ3v) is 8.45. The van der Waals surface area contributed by atoms with Crippen LogP contribution in [-0.4, -0.2) is 52.0 Å². The molecule has 0 unspecified atom stereocenters. The number of hydrogen-bond acceptors (Lipinski definition) is 5. The fourth-order valence-electron chi connectivity index (χ4n) is 6.34. The predicted molar refractivity (Wildman–Crippen MR) is 183 cm³/mol. The summed E-state index contributed by atoms with van der Waals surface area (Å²) < 4.78 is 48.5. The second-order valence-electron chi connectivity index (χ2n) is 13.9. The smallest absolute Gasteiger partial charge is 0.412 e. The number of benzene rings is 4. The van der Waals surface area contributed by atoms with Crippen LogP contribution in [0.1, 0.15) is 56.9 Å². The summed E-state index contributed by atoms with van der Waals surface area (Å²) in [6.07, 6.45) is -0.942. The first-order valence-corrected chi connectivity index (χ1v) is 16.5. The Balaban J connectivity index is 1.64. The van der Waals surface area contributed by atoms with Crippen LogP contribution in [0.5, 0.6) is 0 Å². The van der Waals surface area contributed by atoms with Crippen molar-refractivity contribution < 1.29 is 27.8 Å². The highest BCUT2D eigenvalue weighted by Gasteiger charge is 2.51. The van der Waals surface area contributed by atoms with E-state index in [1.165, 1.54) is 12.1 Å². The van der Waals surface area contributed by atoms with E-state index in [4.69, 9.17) is 14.2 Å². The maximum Gasteiger partial charge on any atom is 0.412 e. The van der Waals surface area contributed by atoms with Gasteiger partial charge in [0.2, 0.25) is 0 Å². The summed E-state index contributed by atoms with van der Waals surface area (Å²) in [7, 11) is 0. The van der Waals surface area contributed by atoms with Gasteiger partial charge in [0, 0.05) is 25.2 Å². The van der Waals surface area contributed by atoms with Crippen LogP contribution in [0.25, 0.3) is 0 Å². The summed E-state index contributed by atoms with van der Waals surface area (Å²) in [4.78, 5) is 17.9. The van der Waals surface area contributed by atoms with Gasteiger partial charge in [-0.1, -0.05) is 91.0 Å². The standard InChI is InChI=1S/C40H46F2N2O4/c1-39(2,3)48-38(45)44-36(28-47-40(44,4)5)37(46-27-31-19-13-8-14-20-31)35(23-32-21-33(41)24-34(42)22-32)43(25-29-15-9-6-10-16-29)26-30-17-11-7-12-18-30/h6-22,24,35-37H,23,25-28H2,1-5H3/t35-,36+,37-/m0/s1. The molecule has 0 spiro atoms. The van der Waals surface area contributed by atoms with E-state index < -0.39 is 47.2 Å². The first-order chi connectivity index (χ1) is 22.9. The minimum absolute atomic E-state index is 0.185. The highest BCUT2D eigenvalue weighted by Crippen LogP contribution is 2.35. The molecule has 1 aliphatic rings. The molecular formula is C40H46F2N2O4. The molecule has 6 nitrogen and oxygen atoms in total. The van der Waals surface area contributed by atoms with Gasteiger partial charge in [-0.3, -0.25) is 9.80 Å². The average Bonchev–Trinajstić information content (AvgIpc) is 3.35. The molecule has 0 radical (unpaired) electrons. The Morgan fingerprint density at radius 1 is 0.833 bits per heavy atom. The van der Waals surface area contributed by atoms with Gasteiger partial charge in [-0.25, -0.2) is 13.6 Å². The highest BCUT2D eigenvalue weighted by molar-refractivity contribution is 5.70. The zero-order valence-electron chi connectivity index (χ0n) is 28.4. The Hall–Kier alpha value is -4.11. The van der Waals surface area contributed by atoms with Gasteiger partial charge < -0.3 is 14.2 Å². The van der Waals surface area contributed by atoms with Crippen LogP contribution in [-0.2, 0) is 40.3 Å². The number of ether oxygens (including phenoxy) is 3. The Kier molecular flexibility index (Phi) is 11.3. The van der Waals surface area contributed by atoms with Gasteiger partial charge in [0.25, 0.3) is 0 Å². The van der Waals surface area contributed by atoms with Crippen LogP contribution in [0.15, 0.2) is 109 Å². The van der Waals surface area contributed by atoms with Gasteiger partial charge in [0.1, 0.15) is 23.0 Å². The maximum absolute atomic E-state index is 14.7. The van der Waals surface area contributed by atoms with Crippen molar-refractivity contribution >= 4 is 6.09 Å². The zero-order chi connectivity index (χ0) is 34.3. The third-order valence-electron chi connectivity index (χ3n) is 8.45. The Morgan fingerprint density at radius 2 is 1.33 bits per heavy atom.